The predicted octanol–water partition coefficient (Wildman–Crippen LogP) is 4.23. The van der Waals surface area contributed by atoms with E-state index in [-0.39, 0.29) is 11.8 Å². The number of carbonyl (C=O) groups is 1. The number of anilines is 1. The molecule has 0 radical (unpaired) electrons. The van der Waals surface area contributed by atoms with Crippen LogP contribution in [0.2, 0.25) is 5.02 Å². The quantitative estimate of drug-likeness (QED) is 0.674. The summed E-state index contributed by atoms with van der Waals surface area (Å²) >= 11 is 6.02. The molecule has 0 N–H and O–H groups in total. The Labute approximate surface area is 161 Å². The maximum absolute atomic E-state index is 12.6. The van der Waals surface area contributed by atoms with E-state index in [9.17, 15) is 4.79 Å². The Morgan fingerprint density at radius 1 is 1.26 bits per heavy atom. The number of halogens is 1. The smallest absolute Gasteiger partial charge is 0.261 e. The first-order valence-corrected chi connectivity index (χ1v) is 8.98. The number of aromatic nitrogens is 2. The van der Waals surface area contributed by atoms with E-state index >= 15 is 0 Å². The zero-order valence-corrected chi connectivity index (χ0v) is 15.7. The van der Waals surface area contributed by atoms with Crippen molar-refractivity contribution in [3.8, 4) is 17.2 Å². The molecule has 6 nitrogen and oxygen atoms in total. The zero-order chi connectivity index (χ0) is 19.0. The minimum absolute atomic E-state index is 0.0362. The van der Waals surface area contributed by atoms with Crippen LogP contribution in [0.15, 0.2) is 47.0 Å². The normalized spacial score (nSPS) is 16.8. The highest BCUT2D eigenvalue weighted by Crippen LogP contribution is 2.35. The van der Waals surface area contributed by atoms with Crippen LogP contribution >= 0.6 is 11.6 Å². The van der Waals surface area contributed by atoms with Gasteiger partial charge in [-0.15, -0.1) is 0 Å². The molecule has 1 saturated heterocycles. The Kier molecular flexibility index (Phi) is 4.58. The number of methoxy groups -OCH3 is 1. The lowest BCUT2D eigenvalue weighted by Gasteiger charge is -2.18. The van der Waals surface area contributed by atoms with Crippen LogP contribution in [0, 0.1) is 6.92 Å². The maximum Gasteiger partial charge on any atom is 0.261 e. The van der Waals surface area contributed by atoms with E-state index < -0.39 is 0 Å². The highest BCUT2D eigenvalue weighted by molar-refractivity contribution is 6.30. The molecule has 138 valence electrons. The third-order valence-electron chi connectivity index (χ3n) is 4.72. The van der Waals surface area contributed by atoms with Crippen LogP contribution < -0.4 is 9.64 Å². The van der Waals surface area contributed by atoms with E-state index in [0.717, 1.165) is 16.8 Å². The van der Waals surface area contributed by atoms with Crippen LogP contribution in [0.1, 0.15) is 23.7 Å². The average molecular weight is 384 g/mol. The van der Waals surface area contributed by atoms with Crippen LogP contribution in [-0.2, 0) is 4.79 Å². The number of rotatable bonds is 4. The Hall–Kier alpha value is -2.86. The molecule has 1 fully saturated rings. The summed E-state index contributed by atoms with van der Waals surface area (Å²) in [5.74, 6) is 1.48. The molecule has 1 amide bonds. The Morgan fingerprint density at radius 2 is 2.07 bits per heavy atom. The first kappa shape index (κ1) is 17.5. The van der Waals surface area contributed by atoms with Gasteiger partial charge in [-0.05, 0) is 42.8 Å². The summed E-state index contributed by atoms with van der Waals surface area (Å²) in [6.07, 6.45) is 0.340. The predicted molar refractivity (Wildman–Crippen MR) is 102 cm³/mol. The van der Waals surface area contributed by atoms with E-state index in [2.05, 4.69) is 10.1 Å². The first-order valence-electron chi connectivity index (χ1n) is 8.60. The lowest BCUT2D eigenvalue weighted by Crippen LogP contribution is -2.25. The number of benzene rings is 2. The van der Waals surface area contributed by atoms with Crippen molar-refractivity contribution in [2.24, 2.45) is 0 Å². The number of amides is 1. The number of para-hydroxylation sites is 1. The molecule has 0 saturated carbocycles. The highest BCUT2D eigenvalue weighted by Gasteiger charge is 2.35. The van der Waals surface area contributed by atoms with Crippen molar-refractivity contribution in [3.63, 3.8) is 0 Å². The lowest BCUT2D eigenvalue weighted by molar-refractivity contribution is -0.117. The minimum Gasteiger partial charge on any atom is -0.496 e. The van der Waals surface area contributed by atoms with Crippen molar-refractivity contribution >= 4 is 23.2 Å². The molecule has 3 aromatic rings. The molecule has 2 heterocycles. The zero-order valence-electron chi connectivity index (χ0n) is 15.0. The maximum atomic E-state index is 12.6. The molecule has 1 aromatic heterocycles. The van der Waals surface area contributed by atoms with Gasteiger partial charge in [-0.1, -0.05) is 28.9 Å². The fraction of sp³-hybridized carbons (Fsp3) is 0.250. The SMILES string of the molecule is COc1ccccc1-c1nc(C2CC(=O)N(c3ccc(Cl)cc3C)C2)no1. The number of hydrogen-bond acceptors (Lipinski definition) is 5. The van der Waals surface area contributed by atoms with Crippen LogP contribution in [-0.4, -0.2) is 29.7 Å². The Balaban J connectivity index is 1.59. The summed E-state index contributed by atoms with van der Waals surface area (Å²) in [6, 6.07) is 13.0. The third-order valence-corrected chi connectivity index (χ3v) is 4.95. The van der Waals surface area contributed by atoms with Crippen molar-refractivity contribution in [2.45, 2.75) is 19.3 Å². The number of carbonyl (C=O) groups excluding carboxylic acids is 1. The van der Waals surface area contributed by atoms with Gasteiger partial charge in [-0.2, -0.15) is 4.98 Å². The van der Waals surface area contributed by atoms with Gasteiger partial charge in [0.15, 0.2) is 5.82 Å². The van der Waals surface area contributed by atoms with Crippen molar-refractivity contribution in [1.29, 1.82) is 0 Å². The summed E-state index contributed by atoms with van der Waals surface area (Å²) in [4.78, 5) is 18.8. The number of ether oxygens (including phenoxy) is 1. The van der Waals surface area contributed by atoms with Gasteiger partial charge in [0.05, 0.1) is 12.7 Å². The largest absolute Gasteiger partial charge is 0.496 e. The topological polar surface area (TPSA) is 68.5 Å². The molecule has 27 heavy (non-hydrogen) atoms. The fourth-order valence-electron chi connectivity index (χ4n) is 3.37. The van der Waals surface area contributed by atoms with Gasteiger partial charge in [-0.3, -0.25) is 4.79 Å². The lowest BCUT2D eigenvalue weighted by atomic mass is 10.1. The molecular weight excluding hydrogens is 366 g/mol. The van der Waals surface area contributed by atoms with E-state index in [1.807, 2.05) is 43.3 Å². The van der Waals surface area contributed by atoms with Crippen molar-refractivity contribution in [3.05, 3.63) is 58.9 Å². The molecule has 1 aliphatic heterocycles. The monoisotopic (exact) mass is 383 g/mol. The molecule has 0 aliphatic carbocycles. The van der Waals surface area contributed by atoms with Gasteiger partial charge in [-0.25, -0.2) is 0 Å². The molecule has 4 rings (SSSR count). The molecule has 1 atom stereocenters. The molecule has 0 spiro atoms. The summed E-state index contributed by atoms with van der Waals surface area (Å²) in [7, 11) is 1.60. The summed E-state index contributed by atoms with van der Waals surface area (Å²) in [5, 5.41) is 4.76. The summed E-state index contributed by atoms with van der Waals surface area (Å²) in [5.41, 5.74) is 2.55. The molecule has 7 heteroatoms. The Morgan fingerprint density at radius 3 is 2.85 bits per heavy atom. The van der Waals surface area contributed by atoms with Gasteiger partial charge in [0.25, 0.3) is 5.89 Å². The fourth-order valence-corrected chi connectivity index (χ4v) is 3.59. The van der Waals surface area contributed by atoms with E-state index in [0.29, 0.717) is 35.5 Å². The van der Waals surface area contributed by atoms with Gasteiger partial charge < -0.3 is 14.2 Å². The molecule has 2 aromatic carbocycles. The second-order valence-corrected chi connectivity index (χ2v) is 6.93. The Bertz CT molecular complexity index is 1000. The van der Waals surface area contributed by atoms with Gasteiger partial charge in [0.2, 0.25) is 5.91 Å². The number of aryl methyl sites for hydroxylation is 1. The van der Waals surface area contributed by atoms with Crippen LogP contribution in [0.25, 0.3) is 11.5 Å². The number of nitrogens with zero attached hydrogens (tertiary/aromatic N) is 3. The minimum atomic E-state index is -0.125. The summed E-state index contributed by atoms with van der Waals surface area (Å²) < 4.78 is 10.8. The average Bonchev–Trinajstić information content (AvgIpc) is 3.29. The van der Waals surface area contributed by atoms with Crippen molar-refractivity contribution in [1.82, 2.24) is 10.1 Å². The van der Waals surface area contributed by atoms with E-state index in [4.69, 9.17) is 20.9 Å². The second kappa shape index (κ2) is 7.04. The van der Waals surface area contributed by atoms with Crippen molar-refractivity contribution < 1.29 is 14.1 Å². The molecular formula is C20H18ClN3O3. The standard InChI is InChI=1S/C20H18ClN3O3/c1-12-9-14(21)7-8-16(12)24-11-13(10-18(24)25)19-22-20(27-23-19)15-5-3-4-6-17(15)26-2/h3-9,13H,10-11H2,1-2H3. The molecule has 0 bridgehead atoms. The summed E-state index contributed by atoms with van der Waals surface area (Å²) in [6.45, 7) is 2.45. The molecule has 1 unspecified atom stereocenters. The number of hydrogen-bond donors (Lipinski definition) is 0. The van der Waals surface area contributed by atoms with E-state index in [1.165, 1.54) is 0 Å². The molecule has 1 aliphatic rings. The third kappa shape index (κ3) is 3.28. The van der Waals surface area contributed by atoms with Gasteiger partial charge in [0.1, 0.15) is 5.75 Å². The van der Waals surface area contributed by atoms with Gasteiger partial charge in [0, 0.05) is 29.6 Å². The first-order chi connectivity index (χ1) is 13.1. The second-order valence-electron chi connectivity index (χ2n) is 6.49. The van der Waals surface area contributed by atoms with E-state index in [1.54, 1.807) is 18.1 Å². The van der Waals surface area contributed by atoms with Crippen LogP contribution in [0.3, 0.4) is 0 Å². The van der Waals surface area contributed by atoms with Crippen LogP contribution in [0.5, 0.6) is 5.75 Å². The van der Waals surface area contributed by atoms with Gasteiger partial charge >= 0.3 is 0 Å². The highest BCUT2D eigenvalue weighted by atomic mass is 35.5. The van der Waals surface area contributed by atoms with Crippen molar-refractivity contribution in [2.75, 3.05) is 18.6 Å². The van der Waals surface area contributed by atoms with Crippen LogP contribution in [0.4, 0.5) is 5.69 Å².